The molecule has 0 radical (unpaired) electrons. The summed E-state index contributed by atoms with van der Waals surface area (Å²) in [5.41, 5.74) is 9.70. The van der Waals surface area contributed by atoms with E-state index in [0.717, 1.165) is 24.1 Å². The van der Waals surface area contributed by atoms with Crippen molar-refractivity contribution in [3.63, 3.8) is 0 Å². The number of halogens is 1. The summed E-state index contributed by atoms with van der Waals surface area (Å²) in [6.45, 7) is 4.39. The minimum absolute atomic E-state index is 0.0102. The Balaban J connectivity index is 2.17. The van der Waals surface area contributed by atoms with Crippen LogP contribution in [0.5, 0.6) is 0 Å². The van der Waals surface area contributed by atoms with Gasteiger partial charge in [-0.15, -0.1) is 0 Å². The lowest BCUT2D eigenvalue weighted by atomic mass is 9.74. The molecular weight excluding hydrogens is 265 g/mol. The van der Waals surface area contributed by atoms with E-state index < -0.39 is 5.82 Å². The lowest BCUT2D eigenvalue weighted by molar-refractivity contribution is 0.278. The SMILES string of the molecule is CC1(C)Cc2c(ccn2-c2ccc(F)cc2C#N)C(N)C1. The standard InChI is InChI=1S/C17H18FN3/c1-17(2)8-14(20)13-5-6-21(16(13)9-17)15-4-3-12(18)7-11(15)10-19/h3-7,14H,8-9,20H2,1-2H3. The second-order valence-electron chi connectivity index (χ2n) is 6.51. The summed E-state index contributed by atoms with van der Waals surface area (Å²) >= 11 is 0. The summed E-state index contributed by atoms with van der Waals surface area (Å²) in [5.74, 6) is -0.395. The Morgan fingerprint density at radius 2 is 2.14 bits per heavy atom. The van der Waals surface area contributed by atoms with Crippen LogP contribution in [0.2, 0.25) is 0 Å². The van der Waals surface area contributed by atoms with Gasteiger partial charge < -0.3 is 10.3 Å². The first kappa shape index (κ1) is 13.8. The topological polar surface area (TPSA) is 54.7 Å². The van der Waals surface area contributed by atoms with E-state index in [1.165, 1.54) is 12.1 Å². The molecule has 3 nitrogen and oxygen atoms in total. The van der Waals surface area contributed by atoms with Crippen molar-refractivity contribution in [1.82, 2.24) is 4.57 Å². The van der Waals surface area contributed by atoms with Crippen molar-refractivity contribution < 1.29 is 4.39 Å². The monoisotopic (exact) mass is 283 g/mol. The first-order chi connectivity index (χ1) is 9.91. The summed E-state index contributed by atoms with van der Waals surface area (Å²) in [6.07, 6.45) is 3.77. The molecule has 108 valence electrons. The largest absolute Gasteiger partial charge is 0.324 e. The van der Waals surface area contributed by atoms with Gasteiger partial charge in [0.05, 0.1) is 11.3 Å². The van der Waals surface area contributed by atoms with Gasteiger partial charge in [-0.3, -0.25) is 0 Å². The molecular formula is C17H18FN3. The van der Waals surface area contributed by atoms with E-state index >= 15 is 0 Å². The van der Waals surface area contributed by atoms with E-state index in [0.29, 0.717) is 11.3 Å². The van der Waals surface area contributed by atoms with Crippen molar-refractivity contribution in [2.45, 2.75) is 32.7 Å². The zero-order chi connectivity index (χ0) is 15.2. The van der Waals surface area contributed by atoms with Crippen LogP contribution in [-0.4, -0.2) is 4.57 Å². The van der Waals surface area contributed by atoms with Gasteiger partial charge >= 0.3 is 0 Å². The molecule has 21 heavy (non-hydrogen) atoms. The summed E-state index contributed by atoms with van der Waals surface area (Å²) in [5, 5.41) is 9.25. The number of fused-ring (bicyclic) bond motifs is 1. The molecule has 0 spiro atoms. The van der Waals surface area contributed by atoms with Crippen LogP contribution in [0.1, 0.15) is 43.1 Å². The third-order valence-electron chi connectivity index (χ3n) is 4.18. The fourth-order valence-electron chi connectivity index (χ4n) is 3.27. The maximum atomic E-state index is 13.3. The average molecular weight is 283 g/mol. The lowest BCUT2D eigenvalue weighted by Crippen LogP contribution is -2.30. The van der Waals surface area contributed by atoms with E-state index in [-0.39, 0.29) is 11.5 Å². The maximum absolute atomic E-state index is 13.3. The van der Waals surface area contributed by atoms with Crippen molar-refractivity contribution in [2.24, 2.45) is 11.1 Å². The van der Waals surface area contributed by atoms with Crippen LogP contribution in [0.4, 0.5) is 4.39 Å². The minimum atomic E-state index is -0.395. The van der Waals surface area contributed by atoms with Crippen LogP contribution in [0.3, 0.4) is 0 Å². The van der Waals surface area contributed by atoms with Gasteiger partial charge in [0.2, 0.25) is 0 Å². The molecule has 1 aliphatic rings. The summed E-state index contributed by atoms with van der Waals surface area (Å²) in [7, 11) is 0. The number of nitrogens with zero attached hydrogens (tertiary/aromatic N) is 2. The lowest BCUT2D eigenvalue weighted by Gasteiger charge is -2.34. The Bertz CT molecular complexity index is 737. The Morgan fingerprint density at radius 1 is 1.38 bits per heavy atom. The van der Waals surface area contributed by atoms with Crippen molar-refractivity contribution in [3.8, 4) is 11.8 Å². The number of aromatic nitrogens is 1. The van der Waals surface area contributed by atoms with E-state index in [4.69, 9.17) is 5.73 Å². The first-order valence-electron chi connectivity index (χ1n) is 7.07. The summed E-state index contributed by atoms with van der Waals surface area (Å²) < 4.78 is 15.3. The van der Waals surface area contributed by atoms with Crippen molar-refractivity contribution in [1.29, 1.82) is 5.26 Å². The van der Waals surface area contributed by atoms with Crippen molar-refractivity contribution in [2.75, 3.05) is 0 Å². The van der Waals surface area contributed by atoms with Crippen molar-refractivity contribution >= 4 is 0 Å². The zero-order valence-corrected chi connectivity index (χ0v) is 12.2. The third-order valence-corrected chi connectivity index (χ3v) is 4.18. The van der Waals surface area contributed by atoms with Crippen LogP contribution in [0.15, 0.2) is 30.5 Å². The molecule has 0 saturated heterocycles. The molecule has 0 amide bonds. The van der Waals surface area contributed by atoms with Gasteiger partial charge in [0.25, 0.3) is 0 Å². The Morgan fingerprint density at radius 3 is 2.86 bits per heavy atom. The Labute approximate surface area is 123 Å². The molecule has 4 heteroatoms. The molecule has 1 aliphatic carbocycles. The fourth-order valence-corrected chi connectivity index (χ4v) is 3.27. The second-order valence-corrected chi connectivity index (χ2v) is 6.51. The highest BCUT2D eigenvalue weighted by atomic mass is 19.1. The predicted molar refractivity (Wildman–Crippen MR) is 79.5 cm³/mol. The summed E-state index contributed by atoms with van der Waals surface area (Å²) in [6, 6.07) is 8.41. The normalized spacial score (nSPS) is 19.9. The van der Waals surface area contributed by atoms with E-state index in [1.54, 1.807) is 6.07 Å². The van der Waals surface area contributed by atoms with Gasteiger partial charge in [0, 0.05) is 17.9 Å². The molecule has 0 saturated carbocycles. The first-order valence-corrected chi connectivity index (χ1v) is 7.07. The molecule has 0 bridgehead atoms. The number of hydrogen-bond acceptors (Lipinski definition) is 2. The minimum Gasteiger partial charge on any atom is -0.324 e. The number of rotatable bonds is 1. The van der Waals surface area contributed by atoms with E-state index in [9.17, 15) is 9.65 Å². The highest BCUT2D eigenvalue weighted by Crippen LogP contribution is 2.41. The van der Waals surface area contributed by atoms with Gasteiger partial charge in [-0.25, -0.2) is 4.39 Å². The van der Waals surface area contributed by atoms with Crippen LogP contribution < -0.4 is 5.73 Å². The summed E-state index contributed by atoms with van der Waals surface area (Å²) in [4.78, 5) is 0. The fraction of sp³-hybridized carbons (Fsp3) is 0.353. The number of nitrogens with two attached hydrogens (primary N) is 1. The smallest absolute Gasteiger partial charge is 0.124 e. The molecule has 1 unspecified atom stereocenters. The van der Waals surface area contributed by atoms with Gasteiger partial charge in [-0.1, -0.05) is 13.8 Å². The zero-order valence-electron chi connectivity index (χ0n) is 12.2. The van der Waals surface area contributed by atoms with Crippen LogP contribution in [-0.2, 0) is 6.42 Å². The number of benzene rings is 1. The van der Waals surface area contributed by atoms with Gasteiger partial charge in [-0.2, -0.15) is 5.26 Å². The quantitative estimate of drug-likeness (QED) is 0.871. The van der Waals surface area contributed by atoms with Gasteiger partial charge in [0.1, 0.15) is 11.9 Å². The molecule has 1 atom stereocenters. The van der Waals surface area contributed by atoms with Crippen LogP contribution >= 0.6 is 0 Å². The van der Waals surface area contributed by atoms with Gasteiger partial charge in [-0.05, 0) is 48.1 Å². The molecule has 0 aliphatic heterocycles. The predicted octanol–water partition coefficient (Wildman–Crippen LogP) is 3.46. The molecule has 1 aromatic carbocycles. The highest BCUT2D eigenvalue weighted by molar-refractivity contribution is 5.51. The molecule has 2 N–H and O–H groups in total. The molecule has 1 aromatic heterocycles. The molecule has 0 fully saturated rings. The maximum Gasteiger partial charge on any atom is 0.124 e. The van der Waals surface area contributed by atoms with Crippen molar-refractivity contribution in [3.05, 3.63) is 53.1 Å². The average Bonchev–Trinajstić information content (AvgIpc) is 2.81. The Kier molecular flexibility index (Phi) is 3.11. The van der Waals surface area contributed by atoms with Gasteiger partial charge in [0.15, 0.2) is 0 Å². The molecule has 3 rings (SSSR count). The third kappa shape index (κ3) is 2.34. The molecule has 2 aromatic rings. The number of hydrogen-bond donors (Lipinski definition) is 1. The molecule has 1 heterocycles. The van der Waals surface area contributed by atoms with Crippen LogP contribution in [0, 0.1) is 22.6 Å². The van der Waals surface area contributed by atoms with E-state index in [1.807, 2.05) is 16.8 Å². The Hall–Kier alpha value is -2.12. The highest BCUT2D eigenvalue weighted by Gasteiger charge is 2.32. The van der Waals surface area contributed by atoms with Crippen LogP contribution in [0.25, 0.3) is 5.69 Å². The van der Waals surface area contributed by atoms with E-state index in [2.05, 4.69) is 19.9 Å². The number of nitriles is 1. The second kappa shape index (κ2) is 4.71.